The van der Waals surface area contributed by atoms with Gasteiger partial charge in [0.1, 0.15) is 5.84 Å². The van der Waals surface area contributed by atoms with Crippen molar-refractivity contribution >= 4 is 17.6 Å². The smallest absolute Gasteiger partial charge is 0.122 e. The maximum atomic E-state index is 7.43. The van der Waals surface area contributed by atoms with E-state index in [-0.39, 0.29) is 5.84 Å². The van der Waals surface area contributed by atoms with E-state index in [1.807, 2.05) is 23.9 Å². The van der Waals surface area contributed by atoms with Crippen molar-refractivity contribution in [3.63, 3.8) is 0 Å². The maximum Gasteiger partial charge on any atom is 0.122 e. The number of hydrogen-bond acceptors (Lipinski definition) is 2. The minimum absolute atomic E-state index is 0.156. The van der Waals surface area contributed by atoms with E-state index in [2.05, 4.69) is 13.0 Å². The van der Waals surface area contributed by atoms with Crippen molar-refractivity contribution in [2.24, 2.45) is 11.7 Å². The van der Waals surface area contributed by atoms with Crippen LogP contribution in [-0.2, 0) is 5.75 Å². The van der Waals surface area contributed by atoms with Crippen LogP contribution >= 0.6 is 11.8 Å². The molecule has 1 saturated carbocycles. The number of aryl methyl sites for hydroxylation is 1. The van der Waals surface area contributed by atoms with E-state index in [0.717, 1.165) is 17.2 Å². The molecule has 1 aliphatic carbocycles. The van der Waals surface area contributed by atoms with Gasteiger partial charge in [0.2, 0.25) is 0 Å². The first-order valence-electron chi connectivity index (χ1n) is 6.68. The Hall–Kier alpha value is -0.960. The summed E-state index contributed by atoms with van der Waals surface area (Å²) in [5.74, 6) is 3.49. The molecule has 3 N–H and O–H groups in total. The number of nitrogens with two attached hydrogens (primary N) is 1. The third kappa shape index (κ3) is 3.52. The van der Waals surface area contributed by atoms with E-state index in [1.165, 1.54) is 42.6 Å². The first-order valence-corrected chi connectivity index (χ1v) is 7.84. The minimum atomic E-state index is 0.156. The molecule has 1 aromatic rings. The standard InChI is InChI=1S/C15H22N2S/c1-11-8-13(15(16)17)6-7-14(11)10-18-9-12-4-2-3-5-12/h6-8,12H,2-5,9-10H2,1H3,(H3,16,17). The summed E-state index contributed by atoms with van der Waals surface area (Å²) in [6.45, 7) is 2.11. The van der Waals surface area contributed by atoms with Crippen molar-refractivity contribution in [1.29, 1.82) is 5.41 Å². The predicted octanol–water partition coefficient (Wildman–Crippen LogP) is 3.70. The summed E-state index contributed by atoms with van der Waals surface area (Å²) in [5.41, 5.74) is 8.95. The molecule has 2 nitrogen and oxygen atoms in total. The summed E-state index contributed by atoms with van der Waals surface area (Å²) in [6, 6.07) is 6.10. The molecule has 1 aromatic carbocycles. The Morgan fingerprint density at radius 2 is 2.11 bits per heavy atom. The van der Waals surface area contributed by atoms with Gasteiger partial charge in [-0.3, -0.25) is 5.41 Å². The van der Waals surface area contributed by atoms with Gasteiger partial charge in [-0.25, -0.2) is 0 Å². The average molecular weight is 262 g/mol. The quantitative estimate of drug-likeness (QED) is 0.628. The molecule has 0 spiro atoms. The van der Waals surface area contributed by atoms with E-state index < -0.39 is 0 Å². The fourth-order valence-corrected chi connectivity index (χ4v) is 3.87. The molecule has 3 heteroatoms. The lowest BCUT2D eigenvalue weighted by Gasteiger charge is -2.10. The second kappa shape index (κ2) is 6.28. The zero-order valence-corrected chi connectivity index (χ0v) is 11.9. The van der Waals surface area contributed by atoms with Crippen LogP contribution in [0.1, 0.15) is 42.4 Å². The molecule has 0 radical (unpaired) electrons. The van der Waals surface area contributed by atoms with Gasteiger partial charge in [-0.15, -0.1) is 0 Å². The van der Waals surface area contributed by atoms with E-state index in [1.54, 1.807) is 0 Å². The van der Waals surface area contributed by atoms with Gasteiger partial charge in [-0.05, 0) is 48.6 Å². The summed E-state index contributed by atoms with van der Waals surface area (Å²) in [7, 11) is 0. The second-order valence-corrected chi connectivity index (χ2v) is 6.25. The highest BCUT2D eigenvalue weighted by atomic mass is 32.2. The topological polar surface area (TPSA) is 49.9 Å². The lowest BCUT2D eigenvalue weighted by molar-refractivity contribution is 0.623. The van der Waals surface area contributed by atoms with Crippen LogP contribution in [0.5, 0.6) is 0 Å². The van der Waals surface area contributed by atoms with Crippen LogP contribution in [0.15, 0.2) is 18.2 Å². The van der Waals surface area contributed by atoms with Crippen molar-refractivity contribution in [1.82, 2.24) is 0 Å². The van der Waals surface area contributed by atoms with Crippen LogP contribution in [0.25, 0.3) is 0 Å². The fraction of sp³-hybridized carbons (Fsp3) is 0.533. The van der Waals surface area contributed by atoms with Crippen molar-refractivity contribution in [3.05, 3.63) is 34.9 Å². The van der Waals surface area contributed by atoms with Gasteiger partial charge in [0, 0.05) is 11.3 Å². The van der Waals surface area contributed by atoms with Crippen LogP contribution in [0, 0.1) is 18.3 Å². The van der Waals surface area contributed by atoms with Crippen molar-refractivity contribution in [2.45, 2.75) is 38.4 Å². The Labute approximate surface area is 114 Å². The molecule has 0 amide bonds. The number of amidine groups is 1. The Kier molecular flexibility index (Phi) is 4.70. The van der Waals surface area contributed by atoms with Crippen LogP contribution in [0.2, 0.25) is 0 Å². The van der Waals surface area contributed by atoms with Crippen molar-refractivity contribution in [2.75, 3.05) is 5.75 Å². The highest BCUT2D eigenvalue weighted by molar-refractivity contribution is 7.98. The largest absolute Gasteiger partial charge is 0.384 e. The summed E-state index contributed by atoms with van der Waals surface area (Å²) in [6.07, 6.45) is 5.71. The average Bonchev–Trinajstić information content (AvgIpc) is 2.84. The van der Waals surface area contributed by atoms with Gasteiger partial charge in [-0.2, -0.15) is 11.8 Å². The van der Waals surface area contributed by atoms with E-state index in [4.69, 9.17) is 11.1 Å². The lowest BCUT2D eigenvalue weighted by Crippen LogP contribution is -2.11. The van der Waals surface area contributed by atoms with E-state index in [9.17, 15) is 0 Å². The first-order chi connectivity index (χ1) is 8.66. The number of nitrogens with one attached hydrogen (secondary N) is 1. The van der Waals surface area contributed by atoms with Gasteiger partial charge in [0.25, 0.3) is 0 Å². The molecule has 0 unspecified atom stereocenters. The summed E-state index contributed by atoms with van der Waals surface area (Å²) >= 11 is 2.05. The van der Waals surface area contributed by atoms with Crippen LogP contribution in [0.3, 0.4) is 0 Å². The Balaban J connectivity index is 1.87. The number of benzene rings is 1. The third-order valence-electron chi connectivity index (χ3n) is 3.74. The van der Waals surface area contributed by atoms with E-state index in [0.29, 0.717) is 0 Å². The van der Waals surface area contributed by atoms with Gasteiger partial charge in [-0.1, -0.05) is 25.0 Å². The van der Waals surface area contributed by atoms with Crippen molar-refractivity contribution in [3.8, 4) is 0 Å². The molecule has 2 rings (SSSR count). The zero-order chi connectivity index (χ0) is 13.0. The molecule has 18 heavy (non-hydrogen) atoms. The SMILES string of the molecule is Cc1cc(C(=N)N)ccc1CSCC1CCCC1. The number of thioether (sulfide) groups is 1. The molecular formula is C15H22N2S. The monoisotopic (exact) mass is 262 g/mol. The molecule has 1 fully saturated rings. The molecule has 0 aromatic heterocycles. The molecule has 0 bridgehead atoms. The predicted molar refractivity (Wildman–Crippen MR) is 80.3 cm³/mol. The molecule has 0 saturated heterocycles. The summed E-state index contributed by atoms with van der Waals surface area (Å²) in [4.78, 5) is 0. The molecule has 0 aliphatic heterocycles. The van der Waals surface area contributed by atoms with Crippen LogP contribution < -0.4 is 5.73 Å². The minimum Gasteiger partial charge on any atom is -0.384 e. The molecule has 1 aliphatic rings. The van der Waals surface area contributed by atoms with Gasteiger partial charge in [0.05, 0.1) is 0 Å². The number of rotatable bonds is 5. The first kappa shape index (κ1) is 13.5. The molecular weight excluding hydrogens is 240 g/mol. The lowest BCUT2D eigenvalue weighted by atomic mass is 10.1. The zero-order valence-electron chi connectivity index (χ0n) is 11.0. The van der Waals surface area contributed by atoms with Crippen LogP contribution in [-0.4, -0.2) is 11.6 Å². The number of nitrogen functional groups attached to an aromatic ring is 1. The Morgan fingerprint density at radius 3 is 2.72 bits per heavy atom. The maximum absolute atomic E-state index is 7.43. The number of hydrogen-bond donors (Lipinski definition) is 2. The van der Waals surface area contributed by atoms with E-state index >= 15 is 0 Å². The highest BCUT2D eigenvalue weighted by Crippen LogP contribution is 2.29. The molecule has 98 valence electrons. The van der Waals surface area contributed by atoms with Gasteiger partial charge in [0.15, 0.2) is 0 Å². The van der Waals surface area contributed by atoms with Crippen LogP contribution in [0.4, 0.5) is 0 Å². The Morgan fingerprint density at radius 1 is 1.39 bits per heavy atom. The fourth-order valence-electron chi connectivity index (χ4n) is 2.54. The third-order valence-corrected chi connectivity index (χ3v) is 4.96. The van der Waals surface area contributed by atoms with Crippen molar-refractivity contribution < 1.29 is 0 Å². The van der Waals surface area contributed by atoms with Gasteiger partial charge >= 0.3 is 0 Å². The highest BCUT2D eigenvalue weighted by Gasteiger charge is 2.14. The normalized spacial score (nSPS) is 16.1. The summed E-state index contributed by atoms with van der Waals surface area (Å²) < 4.78 is 0. The van der Waals surface area contributed by atoms with Gasteiger partial charge < -0.3 is 5.73 Å². The summed E-state index contributed by atoms with van der Waals surface area (Å²) in [5, 5.41) is 7.43. The Bertz CT molecular complexity index is 423. The molecule has 0 heterocycles. The second-order valence-electron chi connectivity index (χ2n) is 5.22. The molecule has 0 atom stereocenters.